The molecule has 1 N–H and O–H groups in total. The minimum Gasteiger partial charge on any atom is -0.493 e. The van der Waals surface area contributed by atoms with E-state index in [9.17, 15) is 9.59 Å². The zero-order valence-electron chi connectivity index (χ0n) is 15.0. The van der Waals surface area contributed by atoms with E-state index < -0.39 is 0 Å². The first-order valence-corrected chi connectivity index (χ1v) is 8.55. The Labute approximate surface area is 152 Å². The van der Waals surface area contributed by atoms with Crippen LogP contribution >= 0.6 is 0 Å². The van der Waals surface area contributed by atoms with E-state index in [-0.39, 0.29) is 11.8 Å². The lowest BCUT2D eigenvalue weighted by Gasteiger charge is -2.20. The lowest BCUT2D eigenvalue weighted by Crippen LogP contribution is -2.29. The van der Waals surface area contributed by atoms with E-state index in [1.54, 1.807) is 41.3 Å². The van der Waals surface area contributed by atoms with Gasteiger partial charge in [0, 0.05) is 24.7 Å². The Morgan fingerprint density at radius 3 is 2.19 bits per heavy atom. The minimum atomic E-state index is -0.284. The highest BCUT2D eigenvalue weighted by Gasteiger charge is 2.25. The maximum Gasteiger partial charge on any atom is 0.256 e. The third kappa shape index (κ3) is 3.64. The van der Waals surface area contributed by atoms with Crippen molar-refractivity contribution < 1.29 is 19.1 Å². The van der Waals surface area contributed by atoms with Gasteiger partial charge in [0.05, 0.1) is 25.5 Å². The molecule has 2 amide bonds. The molecule has 2 aromatic carbocycles. The summed E-state index contributed by atoms with van der Waals surface area (Å²) in [6, 6.07) is 12.1. The van der Waals surface area contributed by atoms with Crippen LogP contribution in [0.3, 0.4) is 0 Å². The number of hydrogen-bond acceptors (Lipinski definition) is 4. The van der Waals surface area contributed by atoms with E-state index in [0.717, 1.165) is 25.9 Å². The van der Waals surface area contributed by atoms with Crippen molar-refractivity contribution in [2.75, 3.05) is 32.6 Å². The van der Waals surface area contributed by atoms with E-state index in [4.69, 9.17) is 9.47 Å². The van der Waals surface area contributed by atoms with Gasteiger partial charge in [0.15, 0.2) is 11.5 Å². The van der Waals surface area contributed by atoms with Crippen LogP contribution in [0, 0.1) is 0 Å². The molecule has 1 saturated heterocycles. The molecule has 0 atom stereocenters. The van der Waals surface area contributed by atoms with Crippen molar-refractivity contribution in [3.8, 4) is 11.5 Å². The molecule has 1 aliphatic heterocycles. The second kappa shape index (κ2) is 7.91. The number of amides is 2. The number of carbonyl (C=O) groups is 2. The smallest absolute Gasteiger partial charge is 0.256 e. The number of hydrogen-bond donors (Lipinski definition) is 1. The van der Waals surface area contributed by atoms with Crippen molar-refractivity contribution in [3.05, 3.63) is 53.6 Å². The quantitative estimate of drug-likeness (QED) is 0.895. The van der Waals surface area contributed by atoms with Crippen molar-refractivity contribution in [1.29, 1.82) is 0 Å². The highest BCUT2D eigenvalue weighted by Crippen LogP contribution is 2.34. The molecule has 0 bridgehead atoms. The SMILES string of the molecule is COc1cc(NC(=O)c2ccccc2)c(C(=O)N2CCCC2)cc1OC. The standard InChI is InChI=1S/C20H22N2O4/c1-25-17-12-15(20(24)22-10-6-7-11-22)16(13-18(17)26-2)21-19(23)14-8-4-3-5-9-14/h3-5,8-9,12-13H,6-7,10-11H2,1-2H3,(H,21,23). The number of ether oxygens (including phenoxy) is 2. The molecule has 1 heterocycles. The van der Waals surface area contributed by atoms with Crippen LogP contribution in [0.25, 0.3) is 0 Å². The van der Waals surface area contributed by atoms with E-state index in [1.165, 1.54) is 14.2 Å². The summed E-state index contributed by atoms with van der Waals surface area (Å²) in [5, 5.41) is 2.84. The Kier molecular flexibility index (Phi) is 5.41. The maximum absolute atomic E-state index is 12.9. The van der Waals surface area contributed by atoms with E-state index in [1.807, 2.05) is 6.07 Å². The van der Waals surface area contributed by atoms with Crippen LogP contribution in [-0.4, -0.2) is 44.0 Å². The van der Waals surface area contributed by atoms with Gasteiger partial charge in [-0.1, -0.05) is 18.2 Å². The second-order valence-electron chi connectivity index (χ2n) is 6.07. The van der Waals surface area contributed by atoms with Gasteiger partial charge in [0.25, 0.3) is 11.8 Å². The van der Waals surface area contributed by atoms with Gasteiger partial charge in [-0.25, -0.2) is 0 Å². The molecular formula is C20H22N2O4. The van der Waals surface area contributed by atoms with Crippen molar-refractivity contribution in [1.82, 2.24) is 4.90 Å². The van der Waals surface area contributed by atoms with Crippen LogP contribution < -0.4 is 14.8 Å². The minimum absolute atomic E-state index is 0.119. The summed E-state index contributed by atoms with van der Waals surface area (Å²) >= 11 is 0. The van der Waals surface area contributed by atoms with Crippen LogP contribution in [0.4, 0.5) is 5.69 Å². The van der Waals surface area contributed by atoms with Gasteiger partial charge in [0.1, 0.15) is 0 Å². The third-order valence-electron chi connectivity index (χ3n) is 4.43. The molecule has 2 aromatic rings. The normalized spacial score (nSPS) is 13.4. The number of carbonyl (C=O) groups excluding carboxylic acids is 2. The highest BCUT2D eigenvalue weighted by molar-refractivity contribution is 6.09. The first-order valence-electron chi connectivity index (χ1n) is 8.55. The third-order valence-corrected chi connectivity index (χ3v) is 4.43. The lowest BCUT2D eigenvalue weighted by atomic mass is 10.1. The van der Waals surface area contributed by atoms with Gasteiger partial charge in [-0.3, -0.25) is 9.59 Å². The fraction of sp³-hybridized carbons (Fsp3) is 0.300. The molecule has 0 radical (unpaired) electrons. The molecule has 0 saturated carbocycles. The Morgan fingerprint density at radius 1 is 0.962 bits per heavy atom. The zero-order chi connectivity index (χ0) is 18.5. The molecule has 6 nitrogen and oxygen atoms in total. The van der Waals surface area contributed by atoms with Crippen molar-refractivity contribution in [2.24, 2.45) is 0 Å². The van der Waals surface area contributed by atoms with Crippen LogP contribution in [0.5, 0.6) is 11.5 Å². The summed E-state index contributed by atoms with van der Waals surface area (Å²) in [6.07, 6.45) is 1.98. The average molecular weight is 354 g/mol. The number of nitrogens with zero attached hydrogens (tertiary/aromatic N) is 1. The average Bonchev–Trinajstić information content (AvgIpc) is 3.22. The maximum atomic E-state index is 12.9. The Balaban J connectivity index is 1.98. The van der Waals surface area contributed by atoms with E-state index >= 15 is 0 Å². The first-order chi connectivity index (χ1) is 12.6. The lowest BCUT2D eigenvalue weighted by molar-refractivity contribution is 0.0793. The molecule has 6 heteroatoms. The number of anilines is 1. The Bertz CT molecular complexity index is 799. The molecule has 1 aliphatic rings. The van der Waals surface area contributed by atoms with Crippen molar-refractivity contribution >= 4 is 17.5 Å². The Hall–Kier alpha value is -3.02. The molecule has 0 aromatic heterocycles. The summed E-state index contributed by atoms with van der Waals surface area (Å²) in [5.41, 5.74) is 1.32. The number of benzene rings is 2. The number of methoxy groups -OCH3 is 2. The number of rotatable bonds is 5. The Morgan fingerprint density at radius 2 is 1.58 bits per heavy atom. The summed E-state index contributed by atoms with van der Waals surface area (Å²) in [6.45, 7) is 1.44. The zero-order valence-corrected chi connectivity index (χ0v) is 15.0. The fourth-order valence-electron chi connectivity index (χ4n) is 3.03. The van der Waals surface area contributed by atoms with Crippen LogP contribution in [0.2, 0.25) is 0 Å². The van der Waals surface area contributed by atoms with Crippen molar-refractivity contribution in [2.45, 2.75) is 12.8 Å². The van der Waals surface area contributed by atoms with Gasteiger partial charge >= 0.3 is 0 Å². The summed E-state index contributed by atoms with van der Waals surface area (Å²) in [4.78, 5) is 27.3. The molecule has 26 heavy (non-hydrogen) atoms. The molecule has 0 spiro atoms. The predicted molar refractivity (Wildman–Crippen MR) is 99.1 cm³/mol. The van der Waals surface area contributed by atoms with Crippen LogP contribution in [0.15, 0.2) is 42.5 Å². The molecule has 3 rings (SSSR count). The summed E-state index contributed by atoms with van der Waals surface area (Å²) in [7, 11) is 3.03. The van der Waals surface area contributed by atoms with Crippen LogP contribution in [-0.2, 0) is 0 Å². The monoisotopic (exact) mass is 354 g/mol. The van der Waals surface area contributed by atoms with E-state index in [0.29, 0.717) is 28.3 Å². The molecular weight excluding hydrogens is 332 g/mol. The van der Waals surface area contributed by atoms with Crippen LogP contribution in [0.1, 0.15) is 33.6 Å². The number of likely N-dealkylation sites (tertiary alicyclic amines) is 1. The van der Waals surface area contributed by atoms with Gasteiger partial charge in [-0.05, 0) is 31.0 Å². The second-order valence-corrected chi connectivity index (χ2v) is 6.07. The summed E-state index contributed by atoms with van der Waals surface area (Å²) < 4.78 is 10.6. The van der Waals surface area contributed by atoms with Crippen molar-refractivity contribution in [3.63, 3.8) is 0 Å². The predicted octanol–water partition coefficient (Wildman–Crippen LogP) is 3.19. The first kappa shape index (κ1) is 17.8. The highest BCUT2D eigenvalue weighted by atomic mass is 16.5. The van der Waals surface area contributed by atoms with Gasteiger partial charge in [0.2, 0.25) is 0 Å². The summed E-state index contributed by atoms with van der Waals surface area (Å²) in [5.74, 6) is 0.502. The van der Waals surface area contributed by atoms with Gasteiger partial charge in [-0.15, -0.1) is 0 Å². The van der Waals surface area contributed by atoms with Gasteiger partial charge in [-0.2, -0.15) is 0 Å². The number of nitrogens with one attached hydrogen (secondary N) is 1. The fourth-order valence-corrected chi connectivity index (χ4v) is 3.03. The topological polar surface area (TPSA) is 67.9 Å². The largest absolute Gasteiger partial charge is 0.493 e. The molecule has 136 valence electrons. The molecule has 0 aliphatic carbocycles. The van der Waals surface area contributed by atoms with Gasteiger partial charge < -0.3 is 19.7 Å². The molecule has 0 unspecified atom stereocenters. The van der Waals surface area contributed by atoms with E-state index in [2.05, 4.69) is 5.32 Å². The molecule has 1 fully saturated rings.